The Morgan fingerprint density at radius 2 is 1.93 bits per heavy atom. The lowest BCUT2D eigenvalue weighted by atomic mass is 9.88. The summed E-state index contributed by atoms with van der Waals surface area (Å²) in [6.07, 6.45) is 2.90. The number of nitrogens with zero attached hydrogens (tertiary/aromatic N) is 1. The van der Waals surface area contributed by atoms with Gasteiger partial charge in [0.2, 0.25) is 0 Å². The highest BCUT2D eigenvalue weighted by atomic mass is 16.5. The molecule has 1 aliphatic carbocycles. The van der Waals surface area contributed by atoms with Crippen LogP contribution in [0.15, 0.2) is 48.5 Å². The fourth-order valence-electron chi connectivity index (χ4n) is 3.96. The maximum Gasteiger partial charge on any atom is 0.308 e. The summed E-state index contributed by atoms with van der Waals surface area (Å²) in [6.45, 7) is -0.210. The van der Waals surface area contributed by atoms with Crippen molar-refractivity contribution >= 4 is 23.5 Å². The van der Waals surface area contributed by atoms with Gasteiger partial charge in [-0.2, -0.15) is 0 Å². The largest absolute Gasteiger partial charge is 0.482 e. The van der Waals surface area contributed by atoms with Gasteiger partial charge in [-0.25, -0.2) is 0 Å². The normalized spacial score (nSPS) is 17.4. The number of anilines is 1. The summed E-state index contributed by atoms with van der Waals surface area (Å²) >= 11 is 0. The first-order valence-electron chi connectivity index (χ1n) is 10.2. The molecule has 0 saturated heterocycles. The standard InChI is InChI=1S/C23H24N2O5/c26-21(24-18-9-5-7-16-6-1-2-8-17(16)18)14-30-23(28)12-13-25-19-10-3-4-11-20(19)29-15-22(25)27/h1-4,6,8,10-11,18H,5,7,9,12-15H2,(H,24,26)/t18-/m0/s1. The van der Waals surface area contributed by atoms with Crippen LogP contribution >= 0.6 is 0 Å². The van der Waals surface area contributed by atoms with Gasteiger partial charge in [0.15, 0.2) is 13.2 Å². The predicted molar refractivity (Wildman–Crippen MR) is 110 cm³/mol. The average Bonchev–Trinajstić information content (AvgIpc) is 2.77. The van der Waals surface area contributed by atoms with Crippen LogP contribution < -0.4 is 15.0 Å². The molecule has 0 bridgehead atoms. The van der Waals surface area contributed by atoms with E-state index in [9.17, 15) is 14.4 Å². The van der Waals surface area contributed by atoms with Crippen molar-refractivity contribution < 1.29 is 23.9 Å². The van der Waals surface area contributed by atoms with Gasteiger partial charge in [0.1, 0.15) is 5.75 Å². The number of carbonyl (C=O) groups excluding carboxylic acids is 3. The molecule has 4 rings (SSSR count). The van der Waals surface area contributed by atoms with Crippen LogP contribution in [-0.2, 0) is 25.5 Å². The van der Waals surface area contributed by atoms with Crippen LogP contribution in [0.2, 0.25) is 0 Å². The number of hydrogen-bond donors (Lipinski definition) is 1. The number of ether oxygens (including phenoxy) is 2. The van der Waals surface area contributed by atoms with E-state index in [2.05, 4.69) is 11.4 Å². The van der Waals surface area contributed by atoms with E-state index in [1.807, 2.05) is 24.3 Å². The third-order valence-electron chi connectivity index (χ3n) is 5.42. The SMILES string of the molecule is O=C(COC(=O)CCN1C(=O)COc2ccccc21)N[C@H]1CCCc2ccccc21. The number of hydrogen-bond acceptors (Lipinski definition) is 5. The van der Waals surface area contributed by atoms with Crippen molar-refractivity contribution in [2.45, 2.75) is 31.7 Å². The molecule has 30 heavy (non-hydrogen) atoms. The fourth-order valence-corrected chi connectivity index (χ4v) is 3.96. The third kappa shape index (κ3) is 4.45. The number of rotatable bonds is 6. The molecule has 0 fully saturated rings. The zero-order valence-electron chi connectivity index (χ0n) is 16.6. The Kier molecular flexibility index (Phi) is 5.97. The zero-order chi connectivity index (χ0) is 20.9. The zero-order valence-corrected chi connectivity index (χ0v) is 16.6. The number of benzene rings is 2. The number of para-hydroxylation sites is 2. The number of aryl methyl sites for hydroxylation is 1. The van der Waals surface area contributed by atoms with Crippen molar-refractivity contribution in [3.63, 3.8) is 0 Å². The Labute approximate surface area is 175 Å². The quantitative estimate of drug-likeness (QED) is 0.743. The molecule has 1 aliphatic heterocycles. The molecule has 7 nitrogen and oxygen atoms in total. The van der Waals surface area contributed by atoms with Crippen LogP contribution in [0, 0.1) is 0 Å². The fraction of sp³-hybridized carbons (Fsp3) is 0.348. The van der Waals surface area contributed by atoms with Crippen LogP contribution in [-0.4, -0.2) is 37.5 Å². The summed E-state index contributed by atoms with van der Waals surface area (Å²) in [4.78, 5) is 38.1. The Morgan fingerprint density at radius 1 is 1.13 bits per heavy atom. The summed E-state index contributed by atoms with van der Waals surface area (Å²) in [5, 5.41) is 2.96. The number of esters is 1. The van der Waals surface area contributed by atoms with E-state index < -0.39 is 5.97 Å². The topological polar surface area (TPSA) is 84.9 Å². The second-order valence-electron chi connectivity index (χ2n) is 7.42. The van der Waals surface area contributed by atoms with E-state index in [1.165, 1.54) is 10.5 Å². The van der Waals surface area contributed by atoms with Gasteiger partial charge < -0.3 is 19.7 Å². The Bertz CT molecular complexity index is 958. The predicted octanol–water partition coefficient (Wildman–Crippen LogP) is 2.54. The molecule has 0 aromatic heterocycles. The van der Waals surface area contributed by atoms with E-state index in [0.29, 0.717) is 11.4 Å². The van der Waals surface area contributed by atoms with Gasteiger partial charge in [-0.1, -0.05) is 36.4 Å². The highest BCUT2D eigenvalue weighted by Crippen LogP contribution is 2.31. The molecule has 2 aromatic rings. The highest BCUT2D eigenvalue weighted by molar-refractivity contribution is 5.98. The number of fused-ring (bicyclic) bond motifs is 2. The summed E-state index contributed by atoms with van der Waals surface area (Å²) in [7, 11) is 0. The van der Waals surface area contributed by atoms with Crippen molar-refractivity contribution in [2.24, 2.45) is 0 Å². The van der Waals surface area contributed by atoms with Crippen LogP contribution in [0.3, 0.4) is 0 Å². The number of amides is 2. The van der Waals surface area contributed by atoms with E-state index in [1.54, 1.807) is 18.2 Å². The smallest absolute Gasteiger partial charge is 0.308 e. The molecule has 1 atom stereocenters. The minimum Gasteiger partial charge on any atom is -0.482 e. The summed E-state index contributed by atoms with van der Waals surface area (Å²) in [6, 6.07) is 15.2. The van der Waals surface area contributed by atoms with Gasteiger partial charge in [0, 0.05) is 6.54 Å². The Balaban J connectivity index is 1.26. The molecular weight excluding hydrogens is 384 g/mol. The van der Waals surface area contributed by atoms with Crippen molar-refractivity contribution in [1.82, 2.24) is 5.32 Å². The third-order valence-corrected chi connectivity index (χ3v) is 5.42. The lowest BCUT2D eigenvalue weighted by Crippen LogP contribution is -2.40. The highest BCUT2D eigenvalue weighted by Gasteiger charge is 2.26. The van der Waals surface area contributed by atoms with Crippen molar-refractivity contribution in [2.75, 3.05) is 24.7 Å². The molecule has 7 heteroatoms. The molecule has 0 saturated carbocycles. The van der Waals surface area contributed by atoms with Crippen molar-refractivity contribution in [3.8, 4) is 5.75 Å². The molecular formula is C23H24N2O5. The summed E-state index contributed by atoms with van der Waals surface area (Å²) in [5.74, 6) is -0.448. The summed E-state index contributed by atoms with van der Waals surface area (Å²) in [5.41, 5.74) is 3.02. The summed E-state index contributed by atoms with van der Waals surface area (Å²) < 4.78 is 10.5. The van der Waals surface area contributed by atoms with Gasteiger partial charge in [-0.15, -0.1) is 0 Å². The molecule has 2 aliphatic rings. The minimum atomic E-state index is -0.522. The second-order valence-corrected chi connectivity index (χ2v) is 7.42. The van der Waals surface area contributed by atoms with Crippen LogP contribution in [0.1, 0.15) is 36.4 Å². The molecule has 1 heterocycles. The molecule has 2 amide bonds. The van der Waals surface area contributed by atoms with E-state index in [-0.39, 0.29) is 44.0 Å². The molecule has 1 N–H and O–H groups in total. The first-order chi connectivity index (χ1) is 14.6. The molecule has 0 unspecified atom stereocenters. The molecule has 0 radical (unpaired) electrons. The van der Waals surface area contributed by atoms with E-state index in [4.69, 9.17) is 9.47 Å². The van der Waals surface area contributed by atoms with Gasteiger partial charge in [0.05, 0.1) is 18.2 Å². The minimum absolute atomic E-state index is 0.000381. The van der Waals surface area contributed by atoms with Gasteiger partial charge in [0.25, 0.3) is 11.8 Å². The second kappa shape index (κ2) is 8.98. The van der Waals surface area contributed by atoms with Crippen LogP contribution in [0.5, 0.6) is 5.75 Å². The number of nitrogens with one attached hydrogen (secondary N) is 1. The average molecular weight is 408 g/mol. The van der Waals surface area contributed by atoms with Gasteiger partial charge in [-0.3, -0.25) is 14.4 Å². The van der Waals surface area contributed by atoms with E-state index >= 15 is 0 Å². The maximum absolute atomic E-state index is 12.3. The van der Waals surface area contributed by atoms with Gasteiger partial charge in [-0.05, 0) is 42.5 Å². The van der Waals surface area contributed by atoms with Crippen LogP contribution in [0.25, 0.3) is 0 Å². The van der Waals surface area contributed by atoms with Crippen molar-refractivity contribution in [1.29, 1.82) is 0 Å². The monoisotopic (exact) mass is 408 g/mol. The number of carbonyl (C=O) groups is 3. The Hall–Kier alpha value is -3.35. The molecule has 156 valence electrons. The maximum atomic E-state index is 12.3. The lowest BCUT2D eigenvalue weighted by Gasteiger charge is -2.29. The van der Waals surface area contributed by atoms with Crippen LogP contribution in [0.4, 0.5) is 5.69 Å². The lowest BCUT2D eigenvalue weighted by molar-refractivity contribution is -0.148. The van der Waals surface area contributed by atoms with Crippen molar-refractivity contribution in [3.05, 3.63) is 59.7 Å². The first kappa shape index (κ1) is 19.9. The van der Waals surface area contributed by atoms with E-state index in [0.717, 1.165) is 24.8 Å². The Morgan fingerprint density at radius 3 is 2.83 bits per heavy atom. The van der Waals surface area contributed by atoms with Gasteiger partial charge >= 0.3 is 5.97 Å². The first-order valence-corrected chi connectivity index (χ1v) is 10.2. The molecule has 2 aromatic carbocycles. The molecule has 0 spiro atoms.